The van der Waals surface area contributed by atoms with Crippen molar-refractivity contribution in [3.63, 3.8) is 0 Å². The third-order valence-corrected chi connectivity index (χ3v) is 4.75. The molecule has 0 saturated carbocycles. The van der Waals surface area contributed by atoms with Gasteiger partial charge in [0, 0.05) is 11.0 Å². The van der Waals surface area contributed by atoms with E-state index < -0.39 is 0 Å². The van der Waals surface area contributed by atoms with Crippen LogP contribution < -0.4 is 10.6 Å². The van der Waals surface area contributed by atoms with Gasteiger partial charge in [-0.1, -0.05) is 52.5 Å². The molecule has 110 valence electrons. The Morgan fingerprint density at radius 2 is 2.10 bits per heavy atom. The quantitative estimate of drug-likeness (QED) is 0.809. The maximum atomic E-state index is 12.6. The molecule has 0 aliphatic carbocycles. The van der Waals surface area contributed by atoms with E-state index in [-0.39, 0.29) is 11.3 Å². The zero-order valence-electron chi connectivity index (χ0n) is 11.2. The van der Waals surface area contributed by atoms with Crippen molar-refractivity contribution < 1.29 is 4.79 Å². The van der Waals surface area contributed by atoms with Crippen molar-refractivity contribution in [2.24, 2.45) is 5.41 Å². The zero-order valence-corrected chi connectivity index (χ0v) is 14.3. The number of hydrogen-bond donors (Lipinski definition) is 2. The molecule has 0 aromatic heterocycles. The number of carbonyl (C=O) groups is 1. The lowest BCUT2D eigenvalue weighted by atomic mass is 9.81. The molecule has 0 bridgehead atoms. The van der Waals surface area contributed by atoms with Crippen molar-refractivity contribution in [3.8, 4) is 0 Å². The van der Waals surface area contributed by atoms with E-state index in [2.05, 4.69) is 33.5 Å². The molecule has 1 unspecified atom stereocenters. The van der Waals surface area contributed by atoms with Gasteiger partial charge in [0.05, 0.1) is 21.1 Å². The van der Waals surface area contributed by atoms with Gasteiger partial charge in [-0.2, -0.15) is 0 Å². The number of rotatable bonds is 4. The van der Waals surface area contributed by atoms with E-state index in [0.717, 1.165) is 30.3 Å². The fraction of sp³-hybridized carbons (Fsp3) is 0.500. The first-order chi connectivity index (χ1) is 9.48. The molecule has 20 heavy (non-hydrogen) atoms. The summed E-state index contributed by atoms with van der Waals surface area (Å²) in [5.41, 5.74) is 0.137. The fourth-order valence-corrected chi connectivity index (χ4v) is 3.95. The van der Waals surface area contributed by atoms with Crippen molar-refractivity contribution in [1.82, 2.24) is 5.32 Å². The minimum atomic E-state index is -0.353. The molecule has 2 rings (SSSR count). The lowest BCUT2D eigenvalue weighted by molar-refractivity contribution is -0.125. The van der Waals surface area contributed by atoms with E-state index in [0.29, 0.717) is 22.3 Å². The van der Waals surface area contributed by atoms with E-state index in [1.165, 1.54) is 0 Å². The number of nitrogens with one attached hydrogen (secondary N) is 2. The molecule has 1 fully saturated rings. The molecular weight excluding hydrogens is 363 g/mol. The van der Waals surface area contributed by atoms with Gasteiger partial charge in [0.1, 0.15) is 0 Å². The summed E-state index contributed by atoms with van der Waals surface area (Å²) in [6.07, 6.45) is 2.67. The molecule has 3 nitrogen and oxygen atoms in total. The Labute approximate surface area is 137 Å². The average Bonchev–Trinajstić information content (AvgIpc) is 2.83. The molecule has 1 aliphatic heterocycles. The summed E-state index contributed by atoms with van der Waals surface area (Å²) in [6, 6.07) is 3.45. The lowest BCUT2D eigenvalue weighted by Crippen LogP contribution is -2.38. The summed E-state index contributed by atoms with van der Waals surface area (Å²) in [7, 11) is 0. The van der Waals surface area contributed by atoms with E-state index in [1.807, 2.05) is 0 Å². The predicted molar refractivity (Wildman–Crippen MR) is 87.6 cm³/mol. The van der Waals surface area contributed by atoms with Crippen LogP contribution in [-0.4, -0.2) is 19.0 Å². The Kier molecular flexibility index (Phi) is 5.35. The molecule has 1 aromatic rings. The first kappa shape index (κ1) is 16.1. The number of anilines is 1. The van der Waals surface area contributed by atoms with Gasteiger partial charge in [0.15, 0.2) is 0 Å². The van der Waals surface area contributed by atoms with Crippen LogP contribution in [0.5, 0.6) is 0 Å². The highest BCUT2D eigenvalue weighted by atomic mass is 79.9. The van der Waals surface area contributed by atoms with E-state index in [4.69, 9.17) is 23.2 Å². The third-order valence-electron chi connectivity index (χ3n) is 3.70. The topological polar surface area (TPSA) is 41.1 Å². The maximum Gasteiger partial charge on any atom is 0.232 e. The monoisotopic (exact) mass is 378 g/mol. The minimum Gasteiger partial charge on any atom is -0.323 e. The second-order valence-electron chi connectivity index (χ2n) is 5.16. The van der Waals surface area contributed by atoms with Crippen LogP contribution in [0.2, 0.25) is 10.0 Å². The molecule has 1 aromatic carbocycles. The molecular formula is C14H17BrCl2N2O. The van der Waals surface area contributed by atoms with Crippen molar-refractivity contribution in [2.45, 2.75) is 26.2 Å². The first-order valence-corrected chi connectivity index (χ1v) is 8.20. The summed E-state index contributed by atoms with van der Waals surface area (Å²) < 4.78 is 0.788. The molecule has 0 spiro atoms. The summed E-state index contributed by atoms with van der Waals surface area (Å²) in [6.45, 7) is 3.67. The van der Waals surface area contributed by atoms with E-state index in [1.54, 1.807) is 12.1 Å². The fourth-order valence-electron chi connectivity index (χ4n) is 2.65. The molecule has 1 saturated heterocycles. The summed E-state index contributed by atoms with van der Waals surface area (Å²) in [4.78, 5) is 12.6. The molecule has 1 amide bonds. The molecule has 1 atom stereocenters. The zero-order chi connectivity index (χ0) is 14.8. The third kappa shape index (κ3) is 3.30. The molecule has 1 heterocycles. The molecule has 0 radical (unpaired) electrons. The largest absolute Gasteiger partial charge is 0.323 e. The van der Waals surface area contributed by atoms with Gasteiger partial charge in [0.25, 0.3) is 0 Å². The Hall–Kier alpha value is -0.290. The first-order valence-electron chi connectivity index (χ1n) is 6.65. The van der Waals surface area contributed by atoms with Gasteiger partial charge in [0.2, 0.25) is 5.91 Å². The highest BCUT2D eigenvalue weighted by Gasteiger charge is 2.40. The second kappa shape index (κ2) is 6.65. The number of benzene rings is 1. The Morgan fingerprint density at radius 1 is 1.45 bits per heavy atom. The van der Waals surface area contributed by atoms with Crippen molar-refractivity contribution in [1.29, 1.82) is 0 Å². The lowest BCUT2D eigenvalue weighted by Gasteiger charge is -2.27. The van der Waals surface area contributed by atoms with Crippen LogP contribution in [0.4, 0.5) is 5.69 Å². The number of hydrogen-bond acceptors (Lipinski definition) is 2. The van der Waals surface area contributed by atoms with E-state index >= 15 is 0 Å². The van der Waals surface area contributed by atoms with Gasteiger partial charge in [-0.15, -0.1) is 0 Å². The van der Waals surface area contributed by atoms with E-state index in [9.17, 15) is 4.79 Å². The van der Waals surface area contributed by atoms with Gasteiger partial charge in [-0.05, 0) is 31.5 Å². The van der Waals surface area contributed by atoms with Crippen molar-refractivity contribution >= 4 is 50.7 Å². The minimum absolute atomic E-state index is 0.00419. The normalized spacial score (nSPS) is 22.0. The number of amides is 1. The highest BCUT2D eigenvalue weighted by molar-refractivity contribution is 9.10. The number of halogens is 3. The van der Waals surface area contributed by atoms with Crippen LogP contribution >= 0.6 is 39.1 Å². The van der Waals surface area contributed by atoms with Crippen LogP contribution in [0, 0.1) is 5.41 Å². The van der Waals surface area contributed by atoms with Gasteiger partial charge in [-0.3, -0.25) is 4.79 Å². The Bertz CT molecular complexity index is 493. The SMILES string of the molecule is CCCC1(C(=O)Nc2c(Cl)cc(Br)cc2Cl)CCNC1. The highest BCUT2D eigenvalue weighted by Crippen LogP contribution is 2.37. The molecule has 2 N–H and O–H groups in total. The Morgan fingerprint density at radius 3 is 2.60 bits per heavy atom. The molecule has 6 heteroatoms. The van der Waals surface area contributed by atoms with Crippen LogP contribution in [0.15, 0.2) is 16.6 Å². The Balaban J connectivity index is 2.23. The second-order valence-corrected chi connectivity index (χ2v) is 6.89. The van der Waals surface area contributed by atoms with Crippen LogP contribution in [0.1, 0.15) is 26.2 Å². The standard InChI is InChI=1S/C14H17BrCl2N2O/c1-2-3-14(4-5-18-8-14)13(20)19-12-10(16)6-9(15)7-11(12)17/h6-7,18H,2-5,8H2,1H3,(H,19,20). The number of carbonyl (C=O) groups excluding carboxylic acids is 1. The van der Waals surface area contributed by atoms with Crippen molar-refractivity contribution in [3.05, 3.63) is 26.7 Å². The smallest absolute Gasteiger partial charge is 0.232 e. The summed E-state index contributed by atoms with van der Waals surface area (Å²) in [5, 5.41) is 7.06. The van der Waals surface area contributed by atoms with Gasteiger partial charge in [-0.25, -0.2) is 0 Å². The maximum absolute atomic E-state index is 12.6. The summed E-state index contributed by atoms with van der Waals surface area (Å²) in [5.74, 6) is -0.00419. The molecule has 1 aliphatic rings. The van der Waals surface area contributed by atoms with Gasteiger partial charge >= 0.3 is 0 Å². The van der Waals surface area contributed by atoms with Crippen LogP contribution in [0.3, 0.4) is 0 Å². The van der Waals surface area contributed by atoms with Crippen LogP contribution in [-0.2, 0) is 4.79 Å². The summed E-state index contributed by atoms with van der Waals surface area (Å²) >= 11 is 15.6. The van der Waals surface area contributed by atoms with Gasteiger partial charge < -0.3 is 10.6 Å². The van der Waals surface area contributed by atoms with Crippen molar-refractivity contribution in [2.75, 3.05) is 18.4 Å². The average molecular weight is 380 g/mol. The predicted octanol–water partition coefficient (Wildman–Crippen LogP) is 4.47. The van der Waals surface area contributed by atoms with Crippen LogP contribution in [0.25, 0.3) is 0 Å².